The SMILES string of the molecule is Cc1ccc(C)c(NC(=O)[C@H](C)NC(C2CC2)C2CC2)c1. The highest BCUT2D eigenvalue weighted by Crippen LogP contribution is 2.44. The topological polar surface area (TPSA) is 41.1 Å². The molecule has 114 valence electrons. The number of rotatable bonds is 6. The zero-order valence-electron chi connectivity index (χ0n) is 13.3. The van der Waals surface area contributed by atoms with Crippen LogP contribution in [-0.2, 0) is 4.79 Å². The van der Waals surface area contributed by atoms with E-state index in [2.05, 4.69) is 22.8 Å². The molecular formula is C18H26N2O. The van der Waals surface area contributed by atoms with Crippen molar-refractivity contribution in [2.75, 3.05) is 5.32 Å². The van der Waals surface area contributed by atoms with E-state index < -0.39 is 0 Å². The van der Waals surface area contributed by atoms with Gasteiger partial charge < -0.3 is 10.6 Å². The number of carbonyl (C=O) groups is 1. The van der Waals surface area contributed by atoms with Gasteiger partial charge in [-0.2, -0.15) is 0 Å². The van der Waals surface area contributed by atoms with Gasteiger partial charge in [0.25, 0.3) is 0 Å². The minimum absolute atomic E-state index is 0.0787. The van der Waals surface area contributed by atoms with Crippen LogP contribution in [0.15, 0.2) is 18.2 Å². The third-order valence-corrected chi connectivity index (χ3v) is 4.75. The van der Waals surface area contributed by atoms with Crippen molar-refractivity contribution in [1.29, 1.82) is 0 Å². The number of anilines is 1. The zero-order valence-corrected chi connectivity index (χ0v) is 13.3. The minimum Gasteiger partial charge on any atom is -0.324 e. The number of nitrogens with one attached hydrogen (secondary N) is 2. The second-order valence-electron chi connectivity index (χ2n) is 6.90. The Morgan fingerprint density at radius 1 is 1.14 bits per heavy atom. The molecule has 0 radical (unpaired) electrons. The third-order valence-electron chi connectivity index (χ3n) is 4.75. The van der Waals surface area contributed by atoms with E-state index >= 15 is 0 Å². The van der Waals surface area contributed by atoms with E-state index in [-0.39, 0.29) is 11.9 Å². The monoisotopic (exact) mass is 286 g/mol. The molecule has 2 aliphatic rings. The van der Waals surface area contributed by atoms with E-state index in [9.17, 15) is 4.79 Å². The lowest BCUT2D eigenvalue weighted by atomic mass is 10.1. The molecule has 2 N–H and O–H groups in total. The van der Waals surface area contributed by atoms with Crippen LogP contribution >= 0.6 is 0 Å². The smallest absolute Gasteiger partial charge is 0.241 e. The van der Waals surface area contributed by atoms with Gasteiger partial charge in [0.15, 0.2) is 0 Å². The predicted octanol–water partition coefficient (Wildman–Crippen LogP) is 3.41. The first-order valence-electron chi connectivity index (χ1n) is 8.19. The average molecular weight is 286 g/mol. The summed E-state index contributed by atoms with van der Waals surface area (Å²) in [5.74, 6) is 1.71. The molecule has 2 fully saturated rings. The van der Waals surface area contributed by atoms with Crippen LogP contribution in [0.3, 0.4) is 0 Å². The minimum atomic E-state index is -0.129. The highest BCUT2D eigenvalue weighted by Gasteiger charge is 2.42. The molecule has 2 aliphatic carbocycles. The molecule has 0 spiro atoms. The Labute approximate surface area is 127 Å². The van der Waals surface area contributed by atoms with Gasteiger partial charge in [0.2, 0.25) is 5.91 Å². The van der Waals surface area contributed by atoms with Crippen molar-refractivity contribution in [3.63, 3.8) is 0 Å². The Morgan fingerprint density at radius 2 is 1.76 bits per heavy atom. The standard InChI is InChI=1S/C18H26N2O/c1-11-4-5-12(2)16(10-11)20-18(21)13(3)19-17(14-6-7-14)15-8-9-15/h4-5,10,13-15,17,19H,6-9H2,1-3H3,(H,20,21)/t13-/m0/s1. The second-order valence-corrected chi connectivity index (χ2v) is 6.90. The molecule has 3 rings (SSSR count). The van der Waals surface area contributed by atoms with Crippen LogP contribution in [0.2, 0.25) is 0 Å². The highest BCUT2D eigenvalue weighted by atomic mass is 16.2. The molecule has 21 heavy (non-hydrogen) atoms. The van der Waals surface area contributed by atoms with Crippen molar-refractivity contribution in [2.24, 2.45) is 11.8 Å². The Bertz CT molecular complexity index is 520. The van der Waals surface area contributed by atoms with E-state index in [0.717, 1.165) is 23.1 Å². The van der Waals surface area contributed by atoms with Gasteiger partial charge in [0.1, 0.15) is 0 Å². The molecule has 0 aromatic heterocycles. The summed E-state index contributed by atoms with van der Waals surface area (Å²) in [7, 11) is 0. The fourth-order valence-electron chi connectivity index (χ4n) is 3.04. The van der Waals surface area contributed by atoms with Gasteiger partial charge in [-0.3, -0.25) is 4.79 Å². The maximum Gasteiger partial charge on any atom is 0.241 e. The molecule has 1 aromatic rings. The summed E-state index contributed by atoms with van der Waals surface area (Å²) < 4.78 is 0. The van der Waals surface area contributed by atoms with Crippen LogP contribution in [-0.4, -0.2) is 18.0 Å². The molecule has 0 unspecified atom stereocenters. The summed E-state index contributed by atoms with van der Waals surface area (Å²) >= 11 is 0. The molecule has 3 nitrogen and oxygen atoms in total. The number of carbonyl (C=O) groups excluding carboxylic acids is 1. The van der Waals surface area contributed by atoms with Crippen molar-refractivity contribution in [3.05, 3.63) is 29.3 Å². The van der Waals surface area contributed by atoms with Crippen LogP contribution < -0.4 is 10.6 Å². The van der Waals surface area contributed by atoms with E-state index in [1.54, 1.807) is 0 Å². The normalized spacial score (nSPS) is 19.6. The first-order valence-corrected chi connectivity index (χ1v) is 8.19. The van der Waals surface area contributed by atoms with Crippen LogP contribution in [0.4, 0.5) is 5.69 Å². The van der Waals surface area contributed by atoms with Gasteiger partial charge in [0.05, 0.1) is 6.04 Å². The second kappa shape index (κ2) is 5.80. The maximum atomic E-state index is 12.4. The summed E-state index contributed by atoms with van der Waals surface area (Å²) in [4.78, 5) is 12.4. The third kappa shape index (κ3) is 3.65. The zero-order chi connectivity index (χ0) is 15.0. The van der Waals surface area contributed by atoms with Gasteiger partial charge in [-0.25, -0.2) is 0 Å². The number of amides is 1. The summed E-state index contributed by atoms with van der Waals surface area (Å²) in [6.45, 7) is 6.07. The van der Waals surface area contributed by atoms with Crippen molar-refractivity contribution in [2.45, 2.75) is 58.5 Å². The lowest BCUT2D eigenvalue weighted by Crippen LogP contribution is -2.46. The fraction of sp³-hybridized carbons (Fsp3) is 0.611. The van der Waals surface area contributed by atoms with E-state index in [1.807, 2.05) is 26.8 Å². The fourth-order valence-corrected chi connectivity index (χ4v) is 3.04. The summed E-state index contributed by atoms with van der Waals surface area (Å²) in [6, 6.07) is 6.60. The first-order chi connectivity index (χ1) is 10.0. The number of hydrogen-bond acceptors (Lipinski definition) is 2. The van der Waals surface area contributed by atoms with E-state index in [1.165, 1.54) is 31.2 Å². The van der Waals surface area contributed by atoms with E-state index in [4.69, 9.17) is 0 Å². The number of hydrogen-bond donors (Lipinski definition) is 2. The van der Waals surface area contributed by atoms with Crippen LogP contribution in [0.5, 0.6) is 0 Å². The Balaban J connectivity index is 1.60. The summed E-state index contributed by atoms with van der Waals surface area (Å²) in [6.07, 6.45) is 5.33. The number of benzene rings is 1. The van der Waals surface area contributed by atoms with Gasteiger partial charge in [-0.1, -0.05) is 12.1 Å². The quantitative estimate of drug-likeness (QED) is 0.841. The molecule has 2 saturated carbocycles. The first kappa shape index (κ1) is 14.6. The van der Waals surface area contributed by atoms with Gasteiger partial charge >= 0.3 is 0 Å². The molecule has 0 saturated heterocycles. The summed E-state index contributed by atoms with van der Waals surface area (Å²) in [5.41, 5.74) is 3.22. The van der Waals surface area contributed by atoms with Gasteiger partial charge in [0, 0.05) is 11.7 Å². The average Bonchev–Trinajstić information content (AvgIpc) is 3.32. The van der Waals surface area contributed by atoms with Gasteiger partial charge in [-0.15, -0.1) is 0 Å². The molecule has 1 aromatic carbocycles. The molecule has 1 atom stereocenters. The Morgan fingerprint density at radius 3 is 2.33 bits per heavy atom. The van der Waals surface area contributed by atoms with Crippen molar-refractivity contribution < 1.29 is 4.79 Å². The Hall–Kier alpha value is -1.35. The lowest BCUT2D eigenvalue weighted by Gasteiger charge is -2.23. The summed E-state index contributed by atoms with van der Waals surface area (Å²) in [5, 5.41) is 6.66. The van der Waals surface area contributed by atoms with Crippen molar-refractivity contribution in [1.82, 2.24) is 5.32 Å². The predicted molar refractivity (Wildman–Crippen MR) is 86.4 cm³/mol. The largest absolute Gasteiger partial charge is 0.324 e. The maximum absolute atomic E-state index is 12.4. The van der Waals surface area contributed by atoms with Crippen LogP contribution in [0.25, 0.3) is 0 Å². The van der Waals surface area contributed by atoms with Crippen molar-refractivity contribution >= 4 is 11.6 Å². The molecule has 0 heterocycles. The molecule has 0 bridgehead atoms. The molecule has 1 amide bonds. The molecule has 3 heteroatoms. The Kier molecular flexibility index (Phi) is 4.03. The molecular weight excluding hydrogens is 260 g/mol. The van der Waals surface area contributed by atoms with Crippen LogP contribution in [0, 0.1) is 25.7 Å². The number of aryl methyl sites for hydroxylation is 2. The van der Waals surface area contributed by atoms with Crippen molar-refractivity contribution in [3.8, 4) is 0 Å². The lowest BCUT2D eigenvalue weighted by molar-refractivity contribution is -0.118. The van der Waals surface area contributed by atoms with E-state index in [0.29, 0.717) is 6.04 Å². The highest BCUT2D eigenvalue weighted by molar-refractivity contribution is 5.95. The van der Waals surface area contributed by atoms with Crippen LogP contribution in [0.1, 0.15) is 43.7 Å². The molecule has 0 aliphatic heterocycles. The van der Waals surface area contributed by atoms with Gasteiger partial charge in [-0.05, 0) is 75.5 Å².